The number of piperidine rings is 1. The quantitative estimate of drug-likeness (QED) is 0.689. The highest BCUT2D eigenvalue weighted by Crippen LogP contribution is 2.37. The van der Waals surface area contributed by atoms with Crippen molar-refractivity contribution in [2.45, 2.75) is 55.4 Å². The zero-order valence-corrected chi connectivity index (χ0v) is 15.2. The molecule has 1 aromatic carbocycles. The Labute approximate surface area is 152 Å². The van der Waals surface area contributed by atoms with E-state index in [1.807, 2.05) is 0 Å². The molecule has 8 heteroatoms. The molecule has 26 heavy (non-hydrogen) atoms. The van der Waals surface area contributed by atoms with Crippen LogP contribution in [0.15, 0.2) is 41.8 Å². The summed E-state index contributed by atoms with van der Waals surface area (Å²) in [6.07, 6.45) is 3.20. The van der Waals surface area contributed by atoms with Crippen LogP contribution in [-0.2, 0) is 20.7 Å². The first-order valence-corrected chi connectivity index (χ1v) is 9.98. The van der Waals surface area contributed by atoms with E-state index in [0.29, 0.717) is 31.8 Å². The predicted molar refractivity (Wildman–Crippen MR) is 93.6 cm³/mol. The van der Waals surface area contributed by atoms with Crippen LogP contribution in [0, 0.1) is 0 Å². The fraction of sp³-hybridized carbons (Fsp3) is 0.500. The summed E-state index contributed by atoms with van der Waals surface area (Å²) in [4.78, 5) is 10.3. The molecule has 0 aliphatic carbocycles. The Balaban J connectivity index is 2.36. The van der Waals surface area contributed by atoms with E-state index in [-0.39, 0.29) is 19.0 Å². The Morgan fingerprint density at radius 1 is 1.35 bits per heavy atom. The maximum Gasteiger partial charge on any atom is 0.303 e. The molecule has 0 radical (unpaired) electrons. The summed E-state index contributed by atoms with van der Waals surface area (Å²) < 4.78 is 55.8. The third-order valence-electron chi connectivity index (χ3n) is 4.59. The van der Waals surface area contributed by atoms with Gasteiger partial charge in [0.05, 0.1) is 4.90 Å². The van der Waals surface area contributed by atoms with Crippen LogP contribution in [0.3, 0.4) is 0 Å². The molecule has 0 amide bonds. The lowest BCUT2D eigenvalue weighted by molar-refractivity contribution is -0.137. The topological polar surface area (TPSA) is 74.7 Å². The number of halogens is 2. The van der Waals surface area contributed by atoms with Gasteiger partial charge in [0.15, 0.2) is 0 Å². The number of nitrogens with zero attached hydrogens (tertiary/aromatic N) is 1. The molecule has 1 heterocycles. The summed E-state index contributed by atoms with van der Waals surface area (Å²) in [5, 5.41) is 8.78. The van der Waals surface area contributed by atoms with Crippen LogP contribution in [0.4, 0.5) is 8.78 Å². The van der Waals surface area contributed by atoms with Crippen molar-refractivity contribution in [2.24, 2.45) is 0 Å². The van der Waals surface area contributed by atoms with E-state index in [1.165, 1.54) is 22.5 Å². The molecule has 1 aromatic rings. The highest BCUT2D eigenvalue weighted by molar-refractivity contribution is 7.89. The normalized spacial score (nSPS) is 19.2. The minimum absolute atomic E-state index is 0.0461. The Kier molecular flexibility index (Phi) is 6.52. The lowest BCUT2D eigenvalue weighted by atomic mass is 10.00. The molecule has 1 unspecified atom stereocenters. The molecule has 1 atom stereocenters. The second-order valence-corrected chi connectivity index (χ2v) is 8.23. The van der Waals surface area contributed by atoms with Crippen LogP contribution in [0.25, 0.3) is 0 Å². The van der Waals surface area contributed by atoms with Gasteiger partial charge in [-0.3, -0.25) is 4.79 Å². The van der Waals surface area contributed by atoms with E-state index >= 15 is 0 Å². The van der Waals surface area contributed by atoms with Gasteiger partial charge in [0, 0.05) is 24.6 Å². The van der Waals surface area contributed by atoms with E-state index < -0.39 is 32.4 Å². The number of allylic oxidation sites excluding steroid dienone is 1. The van der Waals surface area contributed by atoms with Gasteiger partial charge >= 0.3 is 5.97 Å². The predicted octanol–water partition coefficient (Wildman–Crippen LogP) is 3.76. The second-order valence-electron chi connectivity index (χ2n) is 6.37. The van der Waals surface area contributed by atoms with Gasteiger partial charge in [-0.2, -0.15) is 13.1 Å². The van der Waals surface area contributed by atoms with E-state index in [2.05, 4.69) is 6.58 Å². The maximum atomic E-state index is 14.2. The van der Waals surface area contributed by atoms with Crippen molar-refractivity contribution < 1.29 is 27.1 Å². The zero-order valence-electron chi connectivity index (χ0n) is 14.4. The van der Waals surface area contributed by atoms with E-state index in [1.54, 1.807) is 0 Å². The van der Waals surface area contributed by atoms with Gasteiger partial charge < -0.3 is 5.11 Å². The third kappa shape index (κ3) is 4.48. The summed E-state index contributed by atoms with van der Waals surface area (Å²) in [7, 11) is -4.13. The Hall–Kier alpha value is -1.80. The molecule has 1 saturated heterocycles. The smallest absolute Gasteiger partial charge is 0.303 e. The molecule has 1 fully saturated rings. The first kappa shape index (κ1) is 20.5. The molecule has 0 aromatic heterocycles. The van der Waals surface area contributed by atoms with Gasteiger partial charge in [0.1, 0.15) is 0 Å². The van der Waals surface area contributed by atoms with E-state index in [0.717, 1.165) is 12.5 Å². The van der Waals surface area contributed by atoms with Crippen LogP contribution in [0.5, 0.6) is 0 Å². The standard InChI is InChI=1S/C18H23F2NO4S/c1-2-18(19,20)15-10-3-4-11-16(15)26(24,25)21-13-6-5-8-14(21)9-7-12-17(22)23/h2-4,10-11,14H,1,5-9,12-13H2,(H,22,23). The number of hydrogen-bond acceptors (Lipinski definition) is 3. The van der Waals surface area contributed by atoms with Gasteiger partial charge in [0.25, 0.3) is 5.92 Å². The van der Waals surface area contributed by atoms with Crippen molar-refractivity contribution in [1.29, 1.82) is 0 Å². The lowest BCUT2D eigenvalue weighted by Crippen LogP contribution is -2.44. The van der Waals surface area contributed by atoms with Crippen molar-refractivity contribution >= 4 is 16.0 Å². The zero-order chi connectivity index (χ0) is 19.4. The van der Waals surface area contributed by atoms with Gasteiger partial charge in [-0.15, -0.1) is 0 Å². The maximum absolute atomic E-state index is 14.2. The van der Waals surface area contributed by atoms with Crippen LogP contribution in [-0.4, -0.2) is 36.4 Å². The SMILES string of the molecule is C=CC(F)(F)c1ccccc1S(=O)(=O)N1CCCCC1CCCC(=O)O. The molecule has 1 aliphatic rings. The number of aliphatic carboxylic acids is 1. The summed E-state index contributed by atoms with van der Waals surface area (Å²) in [6.45, 7) is 3.35. The number of rotatable bonds is 8. The first-order chi connectivity index (χ1) is 12.2. The summed E-state index contributed by atoms with van der Waals surface area (Å²) in [6, 6.07) is 4.69. The Morgan fingerprint density at radius 2 is 2.04 bits per heavy atom. The van der Waals surface area contributed by atoms with Gasteiger partial charge in [0.2, 0.25) is 10.0 Å². The van der Waals surface area contributed by atoms with Crippen LogP contribution in [0.1, 0.15) is 44.1 Å². The number of alkyl halides is 2. The minimum Gasteiger partial charge on any atom is -0.481 e. The second kappa shape index (κ2) is 8.26. The van der Waals surface area contributed by atoms with Crippen LogP contribution >= 0.6 is 0 Å². The van der Waals surface area contributed by atoms with E-state index in [4.69, 9.17) is 5.11 Å². The van der Waals surface area contributed by atoms with Crippen molar-refractivity contribution in [2.75, 3.05) is 6.54 Å². The number of sulfonamides is 1. The highest BCUT2D eigenvalue weighted by Gasteiger charge is 2.39. The fourth-order valence-electron chi connectivity index (χ4n) is 3.27. The fourth-order valence-corrected chi connectivity index (χ4v) is 5.23. The largest absolute Gasteiger partial charge is 0.481 e. The number of carboxylic acids is 1. The summed E-state index contributed by atoms with van der Waals surface area (Å²) in [5.41, 5.74) is -0.593. The molecule has 0 spiro atoms. The van der Waals surface area contributed by atoms with Crippen molar-refractivity contribution in [3.63, 3.8) is 0 Å². The molecule has 0 bridgehead atoms. The molecule has 2 rings (SSSR count). The number of carboxylic acid groups (broad SMARTS) is 1. The van der Waals surface area contributed by atoms with Crippen molar-refractivity contribution in [3.8, 4) is 0 Å². The minimum atomic E-state index is -4.13. The molecule has 0 saturated carbocycles. The Bertz CT molecular complexity index is 764. The molecular formula is C18H23F2NO4S. The Morgan fingerprint density at radius 3 is 2.69 bits per heavy atom. The monoisotopic (exact) mass is 387 g/mol. The number of hydrogen-bond donors (Lipinski definition) is 1. The van der Waals surface area contributed by atoms with Gasteiger partial charge in [-0.25, -0.2) is 8.42 Å². The highest BCUT2D eigenvalue weighted by atomic mass is 32.2. The van der Waals surface area contributed by atoms with Gasteiger partial charge in [-0.1, -0.05) is 31.2 Å². The molecule has 1 aliphatic heterocycles. The average Bonchev–Trinajstić information content (AvgIpc) is 2.61. The summed E-state index contributed by atoms with van der Waals surface area (Å²) in [5.74, 6) is -4.40. The average molecular weight is 387 g/mol. The molecule has 5 nitrogen and oxygen atoms in total. The van der Waals surface area contributed by atoms with Gasteiger partial charge in [-0.05, 0) is 37.8 Å². The third-order valence-corrected chi connectivity index (χ3v) is 6.60. The first-order valence-electron chi connectivity index (χ1n) is 8.54. The lowest BCUT2D eigenvalue weighted by Gasteiger charge is -2.35. The summed E-state index contributed by atoms with van der Waals surface area (Å²) >= 11 is 0. The number of benzene rings is 1. The van der Waals surface area contributed by atoms with Crippen molar-refractivity contribution in [1.82, 2.24) is 4.31 Å². The van der Waals surface area contributed by atoms with Crippen molar-refractivity contribution in [3.05, 3.63) is 42.5 Å². The molecule has 1 N–H and O–H groups in total. The molecular weight excluding hydrogens is 364 g/mol. The van der Waals surface area contributed by atoms with Crippen LogP contribution < -0.4 is 0 Å². The number of carbonyl (C=O) groups is 1. The van der Waals surface area contributed by atoms with Crippen LogP contribution in [0.2, 0.25) is 0 Å². The van der Waals surface area contributed by atoms with E-state index in [9.17, 15) is 22.0 Å². The molecule has 144 valence electrons.